The third-order valence-electron chi connectivity index (χ3n) is 4.46. The van der Waals surface area contributed by atoms with Crippen LogP contribution in [0, 0.1) is 0 Å². The van der Waals surface area contributed by atoms with Crippen LogP contribution in [0.15, 0.2) is 65.5 Å². The zero-order chi connectivity index (χ0) is 18.0. The van der Waals surface area contributed by atoms with E-state index in [1.807, 2.05) is 68.4 Å². The summed E-state index contributed by atoms with van der Waals surface area (Å²) in [5.41, 5.74) is 2.12. The van der Waals surface area contributed by atoms with Gasteiger partial charge in [-0.05, 0) is 25.5 Å². The Morgan fingerprint density at radius 1 is 1.04 bits per heavy atom. The fraction of sp³-hybridized carbons (Fsp3) is 0.238. The molecule has 2 aromatic carbocycles. The topological polar surface area (TPSA) is 42.3 Å². The second-order valence-electron chi connectivity index (χ2n) is 6.48. The van der Waals surface area contributed by atoms with Gasteiger partial charge in [-0.1, -0.05) is 48.5 Å². The van der Waals surface area contributed by atoms with E-state index in [-0.39, 0.29) is 17.5 Å². The van der Waals surface area contributed by atoms with Gasteiger partial charge in [-0.3, -0.25) is 9.59 Å². The number of pyridine rings is 1. The minimum absolute atomic E-state index is 0.0236. The van der Waals surface area contributed by atoms with Crippen LogP contribution in [0.5, 0.6) is 0 Å². The highest BCUT2D eigenvalue weighted by atomic mass is 16.2. The molecular weight excluding hydrogens is 312 g/mol. The first-order valence-electron chi connectivity index (χ1n) is 8.42. The Labute approximate surface area is 147 Å². The first kappa shape index (κ1) is 17.0. The van der Waals surface area contributed by atoms with E-state index in [2.05, 4.69) is 0 Å². The summed E-state index contributed by atoms with van der Waals surface area (Å²) in [5, 5.41) is 0.799. The average Bonchev–Trinajstić information content (AvgIpc) is 2.63. The van der Waals surface area contributed by atoms with Gasteiger partial charge < -0.3 is 9.47 Å². The van der Waals surface area contributed by atoms with Crippen molar-refractivity contribution in [1.82, 2.24) is 9.47 Å². The molecular formula is C21H22N2O2. The lowest BCUT2D eigenvalue weighted by molar-refractivity contribution is 0.0692. The summed E-state index contributed by atoms with van der Waals surface area (Å²) >= 11 is 0. The average molecular weight is 334 g/mol. The van der Waals surface area contributed by atoms with Gasteiger partial charge in [0, 0.05) is 31.1 Å². The zero-order valence-electron chi connectivity index (χ0n) is 14.8. The first-order chi connectivity index (χ1) is 12.0. The lowest BCUT2D eigenvalue weighted by Gasteiger charge is -2.27. The summed E-state index contributed by atoms with van der Waals surface area (Å²) in [7, 11) is 1.73. The molecule has 0 spiro atoms. The number of amides is 1. The van der Waals surface area contributed by atoms with Crippen molar-refractivity contribution in [3.05, 3.63) is 82.1 Å². The third-order valence-corrected chi connectivity index (χ3v) is 4.46. The van der Waals surface area contributed by atoms with E-state index in [4.69, 9.17) is 0 Å². The molecule has 3 rings (SSSR count). The molecule has 3 aromatic rings. The molecule has 128 valence electrons. The molecule has 0 radical (unpaired) electrons. The molecule has 0 N–H and O–H groups in total. The van der Waals surface area contributed by atoms with Crippen LogP contribution in [-0.2, 0) is 13.6 Å². The Kier molecular flexibility index (Phi) is 4.70. The number of hydrogen-bond acceptors (Lipinski definition) is 2. The van der Waals surface area contributed by atoms with Crippen molar-refractivity contribution in [2.45, 2.75) is 26.4 Å². The summed E-state index contributed by atoms with van der Waals surface area (Å²) in [6, 6.07) is 18.9. The molecule has 0 aliphatic carbocycles. The van der Waals surface area contributed by atoms with Gasteiger partial charge >= 0.3 is 0 Å². The van der Waals surface area contributed by atoms with Gasteiger partial charge in [0.05, 0.1) is 11.1 Å². The Balaban J connectivity index is 2.08. The van der Waals surface area contributed by atoms with Gasteiger partial charge in [-0.25, -0.2) is 0 Å². The maximum Gasteiger partial charge on any atom is 0.255 e. The highest BCUT2D eigenvalue weighted by Crippen LogP contribution is 2.20. The van der Waals surface area contributed by atoms with E-state index in [9.17, 15) is 9.59 Å². The molecule has 0 saturated carbocycles. The molecule has 0 unspecified atom stereocenters. The standard InChI is InChI=1S/C21H22N2O2/c1-15(2)23(14-16-9-5-4-6-10-16)21(25)18-13-20(24)22(3)19-12-8-7-11-17(18)19/h4-13,15H,14H2,1-3H3. The quantitative estimate of drug-likeness (QED) is 0.732. The Hall–Kier alpha value is -2.88. The lowest BCUT2D eigenvalue weighted by Crippen LogP contribution is -2.37. The molecule has 0 bridgehead atoms. The van der Waals surface area contributed by atoms with Crippen molar-refractivity contribution >= 4 is 16.8 Å². The van der Waals surface area contributed by atoms with Crippen molar-refractivity contribution in [3.63, 3.8) is 0 Å². The van der Waals surface area contributed by atoms with Crippen molar-refractivity contribution in [2.75, 3.05) is 0 Å². The molecule has 1 heterocycles. The second kappa shape index (κ2) is 6.93. The molecule has 1 amide bonds. The van der Waals surface area contributed by atoms with Gasteiger partial charge in [0.2, 0.25) is 0 Å². The number of rotatable bonds is 4. The van der Waals surface area contributed by atoms with E-state index >= 15 is 0 Å². The predicted octanol–water partition coefficient (Wildman–Crippen LogP) is 3.59. The van der Waals surface area contributed by atoms with Crippen LogP contribution in [0.2, 0.25) is 0 Å². The number of benzene rings is 2. The van der Waals surface area contributed by atoms with Crippen molar-refractivity contribution < 1.29 is 4.79 Å². The monoisotopic (exact) mass is 334 g/mol. The van der Waals surface area contributed by atoms with Crippen LogP contribution in [0.4, 0.5) is 0 Å². The van der Waals surface area contributed by atoms with Gasteiger partial charge in [0.15, 0.2) is 0 Å². The van der Waals surface area contributed by atoms with E-state index < -0.39 is 0 Å². The summed E-state index contributed by atoms with van der Waals surface area (Å²) in [5.74, 6) is -0.118. The van der Waals surface area contributed by atoms with E-state index in [1.54, 1.807) is 16.5 Å². The van der Waals surface area contributed by atoms with Crippen LogP contribution >= 0.6 is 0 Å². The maximum absolute atomic E-state index is 13.2. The fourth-order valence-electron chi connectivity index (χ4n) is 3.01. The van der Waals surface area contributed by atoms with E-state index in [0.717, 1.165) is 16.5 Å². The number of aryl methyl sites for hydroxylation is 1. The zero-order valence-corrected chi connectivity index (χ0v) is 14.8. The second-order valence-corrected chi connectivity index (χ2v) is 6.48. The summed E-state index contributed by atoms with van der Waals surface area (Å²) < 4.78 is 1.57. The van der Waals surface area contributed by atoms with E-state index in [1.165, 1.54) is 6.07 Å². The molecule has 0 aliphatic heterocycles. The largest absolute Gasteiger partial charge is 0.332 e. The summed E-state index contributed by atoms with van der Waals surface area (Å²) in [6.07, 6.45) is 0. The molecule has 0 saturated heterocycles. The Morgan fingerprint density at radius 3 is 2.36 bits per heavy atom. The summed E-state index contributed by atoms with van der Waals surface area (Å²) in [4.78, 5) is 27.3. The maximum atomic E-state index is 13.2. The molecule has 0 fully saturated rings. The highest BCUT2D eigenvalue weighted by molar-refractivity contribution is 6.06. The van der Waals surface area contributed by atoms with Gasteiger partial charge in [0.25, 0.3) is 11.5 Å². The number of fused-ring (bicyclic) bond motifs is 1. The molecule has 4 nitrogen and oxygen atoms in total. The summed E-state index contributed by atoms with van der Waals surface area (Å²) in [6.45, 7) is 4.50. The van der Waals surface area contributed by atoms with Gasteiger partial charge in [0.1, 0.15) is 0 Å². The fourth-order valence-corrected chi connectivity index (χ4v) is 3.01. The first-order valence-corrected chi connectivity index (χ1v) is 8.42. The normalized spacial score (nSPS) is 11.0. The van der Waals surface area contributed by atoms with Crippen molar-refractivity contribution in [1.29, 1.82) is 0 Å². The van der Waals surface area contributed by atoms with Crippen LogP contribution in [0.25, 0.3) is 10.9 Å². The molecule has 0 atom stereocenters. The number of nitrogens with zero attached hydrogens (tertiary/aromatic N) is 2. The predicted molar refractivity (Wildman–Crippen MR) is 101 cm³/mol. The number of para-hydroxylation sites is 1. The lowest BCUT2D eigenvalue weighted by atomic mass is 10.1. The molecule has 25 heavy (non-hydrogen) atoms. The van der Waals surface area contributed by atoms with Crippen LogP contribution < -0.4 is 5.56 Å². The smallest absolute Gasteiger partial charge is 0.255 e. The number of hydrogen-bond donors (Lipinski definition) is 0. The number of carbonyl (C=O) groups is 1. The minimum atomic E-state index is -0.175. The molecule has 0 aliphatic rings. The van der Waals surface area contributed by atoms with Crippen LogP contribution in [-0.4, -0.2) is 21.4 Å². The number of carbonyl (C=O) groups excluding carboxylic acids is 1. The van der Waals surface area contributed by atoms with E-state index in [0.29, 0.717) is 12.1 Å². The molecule has 1 aromatic heterocycles. The Bertz CT molecular complexity index is 959. The van der Waals surface area contributed by atoms with Gasteiger partial charge in [-0.15, -0.1) is 0 Å². The van der Waals surface area contributed by atoms with Crippen LogP contribution in [0.1, 0.15) is 29.8 Å². The van der Waals surface area contributed by atoms with Gasteiger partial charge in [-0.2, -0.15) is 0 Å². The highest BCUT2D eigenvalue weighted by Gasteiger charge is 2.22. The SMILES string of the molecule is CC(C)N(Cc1ccccc1)C(=O)c1cc(=O)n(C)c2ccccc12. The number of aromatic nitrogens is 1. The van der Waals surface area contributed by atoms with Crippen LogP contribution in [0.3, 0.4) is 0 Å². The van der Waals surface area contributed by atoms with Crippen molar-refractivity contribution in [2.24, 2.45) is 7.05 Å². The molecule has 4 heteroatoms. The third kappa shape index (κ3) is 3.33. The minimum Gasteiger partial charge on any atom is -0.332 e. The Morgan fingerprint density at radius 2 is 1.68 bits per heavy atom. The van der Waals surface area contributed by atoms with Crippen molar-refractivity contribution in [3.8, 4) is 0 Å².